The van der Waals surface area contributed by atoms with Crippen LogP contribution in [-0.4, -0.2) is 55.9 Å². The van der Waals surface area contributed by atoms with Gasteiger partial charge in [-0.2, -0.15) is 0 Å². The number of hydrogen-bond donors (Lipinski definition) is 1. The van der Waals surface area contributed by atoms with Gasteiger partial charge in [0, 0.05) is 25.1 Å². The average Bonchev–Trinajstić information content (AvgIpc) is 2.83. The number of benzene rings is 2. The van der Waals surface area contributed by atoms with Crippen molar-refractivity contribution in [1.82, 2.24) is 15.1 Å². The molecule has 0 bridgehead atoms. The summed E-state index contributed by atoms with van der Waals surface area (Å²) in [4.78, 5) is 30.5. The molecule has 0 aromatic heterocycles. The maximum atomic E-state index is 13.6. The number of likely N-dealkylation sites (tertiary alicyclic amines) is 1. The number of nitrogens with one attached hydrogen (secondary N) is 1. The predicted octanol–water partition coefficient (Wildman–Crippen LogP) is 4.19. The molecule has 2 aromatic rings. The second-order valence-corrected chi connectivity index (χ2v) is 8.91. The highest BCUT2D eigenvalue weighted by atomic mass is 16.5. The van der Waals surface area contributed by atoms with Crippen molar-refractivity contribution in [3.05, 3.63) is 65.7 Å². The van der Waals surface area contributed by atoms with Gasteiger partial charge in [0.2, 0.25) is 11.8 Å². The third kappa shape index (κ3) is 5.93. The fraction of sp³-hybridized carbons (Fsp3) is 0.481. The number of amides is 2. The van der Waals surface area contributed by atoms with Crippen LogP contribution in [0.15, 0.2) is 54.6 Å². The van der Waals surface area contributed by atoms with Crippen LogP contribution in [0.5, 0.6) is 5.75 Å². The Morgan fingerprint density at radius 3 is 2.52 bits per heavy atom. The number of ether oxygens (including phenoxy) is 1. The lowest BCUT2D eigenvalue weighted by molar-refractivity contribution is -0.143. The largest absolute Gasteiger partial charge is 0.496 e. The molecule has 33 heavy (non-hydrogen) atoms. The van der Waals surface area contributed by atoms with Gasteiger partial charge in [0.05, 0.1) is 25.1 Å². The molecule has 0 saturated carbocycles. The van der Waals surface area contributed by atoms with Gasteiger partial charge in [-0.3, -0.25) is 9.59 Å². The molecule has 2 aromatic carbocycles. The number of carbonyl (C=O) groups is 2. The molecule has 1 aliphatic rings. The molecule has 1 N–H and O–H groups in total. The monoisotopic (exact) mass is 451 g/mol. The minimum Gasteiger partial charge on any atom is -0.496 e. The molecule has 178 valence electrons. The second kappa shape index (κ2) is 11.8. The van der Waals surface area contributed by atoms with Crippen molar-refractivity contribution < 1.29 is 14.3 Å². The Hall–Kier alpha value is -2.86. The Morgan fingerprint density at radius 1 is 1.15 bits per heavy atom. The standard InChI is InChI=1S/C27H37N3O3/c1-5-6-18-30-25(31)17-16-22(26(30)21-14-10-11-15-24(21)33-4)27(32)28-19-23(29(2)3)20-12-8-7-9-13-20/h7-15,22-23,26H,5-6,16-19H2,1-4H3,(H,28,32). The smallest absolute Gasteiger partial charge is 0.225 e. The van der Waals surface area contributed by atoms with Gasteiger partial charge in [-0.1, -0.05) is 61.9 Å². The van der Waals surface area contributed by atoms with Crippen molar-refractivity contribution in [2.24, 2.45) is 5.92 Å². The van der Waals surface area contributed by atoms with Gasteiger partial charge < -0.3 is 19.9 Å². The molecule has 0 aliphatic carbocycles. The van der Waals surface area contributed by atoms with Crippen molar-refractivity contribution in [3.8, 4) is 5.75 Å². The highest BCUT2D eigenvalue weighted by Gasteiger charge is 2.41. The first kappa shape index (κ1) is 24.8. The zero-order chi connectivity index (χ0) is 23.8. The summed E-state index contributed by atoms with van der Waals surface area (Å²) in [6.07, 6.45) is 2.82. The highest BCUT2D eigenvalue weighted by molar-refractivity contribution is 5.85. The van der Waals surface area contributed by atoms with Gasteiger partial charge in [0.25, 0.3) is 0 Å². The van der Waals surface area contributed by atoms with E-state index in [0.717, 1.165) is 24.0 Å². The Kier molecular flexibility index (Phi) is 8.89. The summed E-state index contributed by atoms with van der Waals surface area (Å²) in [6, 6.07) is 17.7. The molecule has 3 rings (SSSR count). The summed E-state index contributed by atoms with van der Waals surface area (Å²) in [7, 11) is 5.68. The van der Waals surface area contributed by atoms with Crippen LogP contribution >= 0.6 is 0 Å². The number of rotatable bonds is 10. The van der Waals surface area contributed by atoms with E-state index in [1.165, 1.54) is 0 Å². The third-order valence-corrected chi connectivity index (χ3v) is 6.53. The van der Waals surface area contributed by atoms with Gasteiger partial charge in [0.1, 0.15) is 5.75 Å². The van der Waals surface area contributed by atoms with E-state index in [-0.39, 0.29) is 29.8 Å². The number of piperidine rings is 1. The minimum absolute atomic E-state index is 0.0114. The Bertz CT molecular complexity index is 916. The van der Waals surface area contributed by atoms with Gasteiger partial charge in [0.15, 0.2) is 0 Å². The molecule has 1 aliphatic heterocycles. The van der Waals surface area contributed by atoms with Gasteiger partial charge in [-0.15, -0.1) is 0 Å². The fourth-order valence-electron chi connectivity index (χ4n) is 4.72. The van der Waals surface area contributed by atoms with Gasteiger partial charge in [-0.25, -0.2) is 0 Å². The zero-order valence-corrected chi connectivity index (χ0v) is 20.3. The topological polar surface area (TPSA) is 61.9 Å². The normalized spacial score (nSPS) is 19.4. The van der Waals surface area contributed by atoms with Crippen molar-refractivity contribution >= 4 is 11.8 Å². The molecule has 0 radical (unpaired) electrons. The molecule has 1 heterocycles. The first-order chi connectivity index (χ1) is 16.0. The zero-order valence-electron chi connectivity index (χ0n) is 20.3. The van der Waals surface area contributed by atoms with Crippen LogP contribution in [0.4, 0.5) is 0 Å². The average molecular weight is 452 g/mol. The maximum absolute atomic E-state index is 13.6. The first-order valence-corrected chi connectivity index (χ1v) is 11.9. The molecule has 6 heteroatoms. The Morgan fingerprint density at radius 2 is 1.85 bits per heavy atom. The Balaban J connectivity index is 1.86. The molecule has 3 atom stereocenters. The SMILES string of the molecule is CCCCN1C(=O)CCC(C(=O)NCC(c2ccccc2)N(C)C)C1c1ccccc1OC. The van der Waals surface area contributed by atoms with Gasteiger partial charge >= 0.3 is 0 Å². The van der Waals surface area contributed by atoms with E-state index in [2.05, 4.69) is 29.3 Å². The lowest BCUT2D eigenvalue weighted by Gasteiger charge is -2.41. The molecular weight excluding hydrogens is 414 g/mol. The molecule has 6 nitrogen and oxygen atoms in total. The predicted molar refractivity (Wildman–Crippen MR) is 131 cm³/mol. The van der Waals surface area contributed by atoms with Crippen LogP contribution in [0.2, 0.25) is 0 Å². The van der Waals surface area contributed by atoms with Crippen LogP contribution in [-0.2, 0) is 9.59 Å². The minimum atomic E-state index is -0.330. The van der Waals surface area contributed by atoms with Crippen LogP contribution in [0.3, 0.4) is 0 Å². The van der Waals surface area contributed by atoms with E-state index >= 15 is 0 Å². The van der Waals surface area contributed by atoms with Crippen LogP contribution in [0, 0.1) is 5.92 Å². The molecule has 2 amide bonds. The lowest BCUT2D eigenvalue weighted by Crippen LogP contribution is -2.49. The van der Waals surface area contributed by atoms with E-state index in [4.69, 9.17) is 4.74 Å². The van der Waals surface area contributed by atoms with E-state index in [1.807, 2.05) is 61.5 Å². The second-order valence-electron chi connectivity index (χ2n) is 8.91. The van der Waals surface area contributed by atoms with E-state index in [1.54, 1.807) is 7.11 Å². The number of nitrogens with zero attached hydrogens (tertiary/aromatic N) is 2. The Labute approximate surface area is 197 Å². The number of methoxy groups -OCH3 is 1. The molecule has 3 unspecified atom stereocenters. The first-order valence-electron chi connectivity index (χ1n) is 11.9. The van der Waals surface area contributed by atoms with Crippen molar-refractivity contribution in [1.29, 1.82) is 0 Å². The van der Waals surface area contributed by atoms with E-state index < -0.39 is 0 Å². The van der Waals surface area contributed by atoms with Crippen molar-refractivity contribution in [3.63, 3.8) is 0 Å². The number of carbonyl (C=O) groups excluding carboxylic acids is 2. The molecule has 1 fully saturated rings. The summed E-state index contributed by atoms with van der Waals surface area (Å²) >= 11 is 0. The summed E-state index contributed by atoms with van der Waals surface area (Å²) in [5, 5.41) is 3.20. The van der Waals surface area contributed by atoms with E-state index in [0.29, 0.717) is 31.7 Å². The fourth-order valence-corrected chi connectivity index (χ4v) is 4.72. The van der Waals surface area contributed by atoms with Crippen molar-refractivity contribution in [2.75, 3.05) is 34.3 Å². The summed E-state index contributed by atoms with van der Waals surface area (Å²) in [5.74, 6) is 0.489. The molecule has 0 spiro atoms. The lowest BCUT2D eigenvalue weighted by atomic mass is 9.83. The maximum Gasteiger partial charge on any atom is 0.225 e. The van der Waals surface area contributed by atoms with Crippen LogP contribution in [0.25, 0.3) is 0 Å². The van der Waals surface area contributed by atoms with Crippen molar-refractivity contribution in [2.45, 2.75) is 44.7 Å². The number of hydrogen-bond acceptors (Lipinski definition) is 4. The molecule has 1 saturated heterocycles. The number of likely N-dealkylation sites (N-methyl/N-ethyl adjacent to an activating group) is 1. The summed E-state index contributed by atoms with van der Waals surface area (Å²) in [6.45, 7) is 3.27. The quantitative estimate of drug-likeness (QED) is 0.588. The van der Waals surface area contributed by atoms with E-state index in [9.17, 15) is 9.59 Å². The third-order valence-electron chi connectivity index (χ3n) is 6.53. The van der Waals surface area contributed by atoms with Gasteiger partial charge in [-0.05, 0) is 38.6 Å². The number of para-hydroxylation sites is 1. The summed E-state index contributed by atoms with van der Waals surface area (Å²) < 4.78 is 5.63. The highest BCUT2D eigenvalue weighted by Crippen LogP contribution is 2.41. The summed E-state index contributed by atoms with van der Waals surface area (Å²) in [5.41, 5.74) is 2.06. The van der Waals surface area contributed by atoms with Crippen LogP contribution in [0.1, 0.15) is 55.8 Å². The molecular formula is C27H37N3O3. The number of unbranched alkanes of at least 4 members (excludes halogenated alkanes) is 1. The van der Waals surface area contributed by atoms with Crippen LogP contribution < -0.4 is 10.1 Å².